The van der Waals surface area contributed by atoms with Gasteiger partial charge in [-0.2, -0.15) is 0 Å². The number of hydrogen-bond donors (Lipinski definition) is 0. The van der Waals surface area contributed by atoms with Crippen molar-refractivity contribution in [1.29, 1.82) is 0 Å². The van der Waals surface area contributed by atoms with Crippen LogP contribution in [0.1, 0.15) is 0 Å². The second-order valence-corrected chi connectivity index (χ2v) is 5.13. The summed E-state index contributed by atoms with van der Waals surface area (Å²) in [5.74, 6) is 0.641. The van der Waals surface area contributed by atoms with Gasteiger partial charge in [-0.3, -0.25) is 4.79 Å². The normalized spacial score (nSPS) is 10.7. The van der Waals surface area contributed by atoms with E-state index in [1.807, 2.05) is 42.5 Å². The van der Waals surface area contributed by atoms with E-state index in [9.17, 15) is 4.79 Å². The van der Waals surface area contributed by atoms with Crippen molar-refractivity contribution in [2.75, 3.05) is 47.1 Å². The predicted octanol–water partition coefficient (Wildman–Crippen LogP) is 2.34. The minimum Gasteiger partial charge on any atom is -0.483 e. The monoisotopic (exact) mass is 317 g/mol. The molecule has 5 heteroatoms. The molecule has 2 rings (SSSR count). The van der Waals surface area contributed by atoms with E-state index in [2.05, 4.69) is 0 Å². The van der Waals surface area contributed by atoms with E-state index in [0.717, 1.165) is 16.5 Å². The molecule has 0 bridgehead atoms. The Kier molecular flexibility index (Phi) is 6.84. The Labute approximate surface area is 136 Å². The quantitative estimate of drug-likeness (QED) is 0.712. The average molecular weight is 317 g/mol. The van der Waals surface area contributed by atoms with Crippen molar-refractivity contribution in [3.8, 4) is 5.75 Å². The van der Waals surface area contributed by atoms with Gasteiger partial charge in [0.2, 0.25) is 0 Å². The number of carbonyl (C=O) groups excluding carboxylic acids is 1. The topological polar surface area (TPSA) is 48.0 Å². The lowest BCUT2D eigenvalue weighted by molar-refractivity contribution is -0.134. The van der Waals surface area contributed by atoms with Crippen LogP contribution >= 0.6 is 0 Å². The van der Waals surface area contributed by atoms with Crippen LogP contribution < -0.4 is 4.74 Å². The number of carbonyl (C=O) groups is 1. The lowest BCUT2D eigenvalue weighted by atomic mass is 10.1. The van der Waals surface area contributed by atoms with E-state index in [1.54, 1.807) is 19.1 Å². The van der Waals surface area contributed by atoms with Crippen LogP contribution in [-0.4, -0.2) is 57.9 Å². The zero-order chi connectivity index (χ0) is 16.5. The summed E-state index contributed by atoms with van der Waals surface area (Å²) >= 11 is 0. The summed E-state index contributed by atoms with van der Waals surface area (Å²) in [5.41, 5.74) is 0. The van der Waals surface area contributed by atoms with Crippen LogP contribution in [0.4, 0.5) is 0 Å². The lowest BCUT2D eigenvalue weighted by Crippen LogP contribution is -2.39. The highest BCUT2D eigenvalue weighted by Crippen LogP contribution is 2.25. The fourth-order valence-corrected chi connectivity index (χ4v) is 2.32. The van der Waals surface area contributed by atoms with Crippen molar-refractivity contribution >= 4 is 16.7 Å². The third-order valence-electron chi connectivity index (χ3n) is 3.58. The number of ether oxygens (including phenoxy) is 3. The van der Waals surface area contributed by atoms with Crippen LogP contribution in [0.2, 0.25) is 0 Å². The molecule has 0 saturated heterocycles. The van der Waals surface area contributed by atoms with Gasteiger partial charge in [-0.1, -0.05) is 36.4 Å². The fourth-order valence-electron chi connectivity index (χ4n) is 2.32. The molecule has 0 heterocycles. The third-order valence-corrected chi connectivity index (χ3v) is 3.58. The van der Waals surface area contributed by atoms with E-state index in [-0.39, 0.29) is 12.5 Å². The second kappa shape index (κ2) is 9.12. The highest BCUT2D eigenvalue weighted by Gasteiger charge is 2.14. The van der Waals surface area contributed by atoms with Gasteiger partial charge in [0.1, 0.15) is 5.75 Å². The predicted molar refractivity (Wildman–Crippen MR) is 89.8 cm³/mol. The molecule has 0 radical (unpaired) electrons. The number of rotatable bonds is 9. The van der Waals surface area contributed by atoms with Crippen LogP contribution in [0.25, 0.3) is 10.8 Å². The number of amides is 1. The lowest BCUT2D eigenvalue weighted by Gasteiger charge is -2.22. The van der Waals surface area contributed by atoms with Gasteiger partial charge in [0.05, 0.1) is 13.2 Å². The van der Waals surface area contributed by atoms with E-state index in [4.69, 9.17) is 14.2 Å². The molecule has 2 aromatic rings. The molecule has 0 atom stereocenters. The van der Waals surface area contributed by atoms with Gasteiger partial charge in [0, 0.05) is 32.7 Å². The number of hydrogen-bond acceptors (Lipinski definition) is 4. The molecule has 0 aromatic heterocycles. The molecule has 2 aromatic carbocycles. The van der Waals surface area contributed by atoms with Gasteiger partial charge in [0.15, 0.2) is 6.61 Å². The first kappa shape index (κ1) is 17.2. The molecule has 23 heavy (non-hydrogen) atoms. The molecule has 124 valence electrons. The van der Waals surface area contributed by atoms with Crippen LogP contribution in [0.3, 0.4) is 0 Å². The number of methoxy groups -OCH3 is 2. The average Bonchev–Trinajstić information content (AvgIpc) is 2.59. The van der Waals surface area contributed by atoms with Crippen molar-refractivity contribution in [1.82, 2.24) is 4.90 Å². The second-order valence-electron chi connectivity index (χ2n) is 5.13. The molecule has 0 fully saturated rings. The zero-order valence-corrected chi connectivity index (χ0v) is 13.7. The van der Waals surface area contributed by atoms with Gasteiger partial charge in [-0.05, 0) is 11.5 Å². The van der Waals surface area contributed by atoms with Gasteiger partial charge in [0.25, 0.3) is 5.91 Å². The van der Waals surface area contributed by atoms with Crippen molar-refractivity contribution in [3.05, 3.63) is 42.5 Å². The summed E-state index contributed by atoms with van der Waals surface area (Å²) in [6, 6.07) is 13.8. The van der Waals surface area contributed by atoms with Gasteiger partial charge in [-0.25, -0.2) is 0 Å². The van der Waals surface area contributed by atoms with E-state index >= 15 is 0 Å². The Morgan fingerprint density at radius 1 is 0.957 bits per heavy atom. The maximum absolute atomic E-state index is 12.4. The molecule has 0 spiro atoms. The molecule has 0 N–H and O–H groups in total. The molecular weight excluding hydrogens is 294 g/mol. The van der Waals surface area contributed by atoms with E-state index < -0.39 is 0 Å². The molecule has 0 unspecified atom stereocenters. The first-order valence-corrected chi connectivity index (χ1v) is 7.62. The highest BCUT2D eigenvalue weighted by molar-refractivity contribution is 5.88. The minimum atomic E-state index is -0.0768. The van der Waals surface area contributed by atoms with Crippen molar-refractivity contribution in [2.45, 2.75) is 0 Å². The van der Waals surface area contributed by atoms with Crippen molar-refractivity contribution in [2.24, 2.45) is 0 Å². The Balaban J connectivity index is 2.00. The van der Waals surface area contributed by atoms with Crippen LogP contribution in [0, 0.1) is 0 Å². The molecular formula is C18H23NO4. The molecule has 0 aliphatic rings. The first-order chi connectivity index (χ1) is 11.3. The van der Waals surface area contributed by atoms with Gasteiger partial charge >= 0.3 is 0 Å². The van der Waals surface area contributed by atoms with E-state index in [1.165, 1.54) is 0 Å². The standard InChI is InChI=1S/C18H23NO4/c1-21-12-10-19(11-13-22-2)18(20)14-23-17-9-5-7-15-6-3-4-8-16(15)17/h3-9H,10-14H2,1-2H3. The van der Waals surface area contributed by atoms with Crippen LogP contribution in [0.5, 0.6) is 5.75 Å². The Bertz CT molecular complexity index is 616. The number of nitrogens with zero attached hydrogens (tertiary/aromatic N) is 1. The Morgan fingerprint density at radius 3 is 2.30 bits per heavy atom. The molecule has 1 amide bonds. The summed E-state index contributed by atoms with van der Waals surface area (Å²) in [6.07, 6.45) is 0. The van der Waals surface area contributed by atoms with Crippen molar-refractivity contribution < 1.29 is 19.0 Å². The Morgan fingerprint density at radius 2 is 1.61 bits per heavy atom. The maximum atomic E-state index is 12.4. The molecule has 0 saturated carbocycles. The first-order valence-electron chi connectivity index (χ1n) is 7.62. The Hall–Kier alpha value is -2.11. The highest BCUT2D eigenvalue weighted by atomic mass is 16.5. The SMILES string of the molecule is COCCN(CCOC)C(=O)COc1cccc2ccccc12. The zero-order valence-electron chi connectivity index (χ0n) is 13.7. The third kappa shape index (κ3) is 4.94. The van der Waals surface area contributed by atoms with Gasteiger partial charge in [-0.15, -0.1) is 0 Å². The van der Waals surface area contributed by atoms with Crippen molar-refractivity contribution in [3.63, 3.8) is 0 Å². The maximum Gasteiger partial charge on any atom is 0.260 e. The minimum absolute atomic E-state index is 0.00142. The molecule has 5 nitrogen and oxygen atoms in total. The number of fused-ring (bicyclic) bond motifs is 1. The van der Waals surface area contributed by atoms with Gasteiger partial charge < -0.3 is 19.1 Å². The molecule has 0 aliphatic heterocycles. The summed E-state index contributed by atoms with van der Waals surface area (Å²) < 4.78 is 15.8. The largest absolute Gasteiger partial charge is 0.483 e. The number of benzene rings is 2. The van der Waals surface area contributed by atoms with Crippen LogP contribution in [0.15, 0.2) is 42.5 Å². The summed E-state index contributed by atoms with van der Waals surface area (Å²) in [7, 11) is 3.23. The summed E-state index contributed by atoms with van der Waals surface area (Å²) in [5, 5.41) is 2.09. The summed E-state index contributed by atoms with van der Waals surface area (Å²) in [4.78, 5) is 14.0. The smallest absolute Gasteiger partial charge is 0.260 e. The fraction of sp³-hybridized carbons (Fsp3) is 0.389. The molecule has 0 aliphatic carbocycles. The van der Waals surface area contributed by atoms with Crippen LogP contribution in [-0.2, 0) is 14.3 Å². The summed E-state index contributed by atoms with van der Waals surface area (Å²) in [6.45, 7) is 2.03. The van der Waals surface area contributed by atoms with E-state index in [0.29, 0.717) is 26.3 Å².